The van der Waals surface area contributed by atoms with Gasteiger partial charge in [0, 0.05) is 6.10 Å². The van der Waals surface area contributed by atoms with Crippen LogP contribution in [-0.4, -0.2) is 14.4 Å². The first-order chi connectivity index (χ1) is 6.74. The first kappa shape index (κ1) is 13.2. The molecular weight excluding hydrogens is 200 g/mol. The molecule has 0 aromatic heterocycles. The van der Waals surface area contributed by atoms with Gasteiger partial charge in [0.25, 0.3) is 0 Å². The zero-order valence-electron chi connectivity index (χ0n) is 11.4. The van der Waals surface area contributed by atoms with Crippen LogP contribution in [0.5, 0.6) is 0 Å². The third-order valence-electron chi connectivity index (χ3n) is 4.28. The maximum absolute atomic E-state index is 6.49. The van der Waals surface area contributed by atoms with Gasteiger partial charge in [-0.25, -0.2) is 0 Å². The Labute approximate surface area is 96.7 Å². The zero-order chi connectivity index (χ0) is 11.7. The lowest BCUT2D eigenvalue weighted by molar-refractivity contribution is 0.0884. The van der Waals surface area contributed by atoms with E-state index in [9.17, 15) is 0 Å². The van der Waals surface area contributed by atoms with Crippen molar-refractivity contribution in [2.24, 2.45) is 5.92 Å². The first-order valence-electron chi connectivity index (χ1n) is 6.42. The molecule has 0 amide bonds. The zero-order valence-corrected chi connectivity index (χ0v) is 12.4. The molecule has 1 saturated carbocycles. The Balaban J connectivity index is 2.59. The molecule has 1 fully saturated rings. The summed E-state index contributed by atoms with van der Waals surface area (Å²) in [4.78, 5) is 0. The van der Waals surface area contributed by atoms with E-state index in [1.54, 1.807) is 0 Å². The minimum Gasteiger partial charge on any atom is -0.414 e. The predicted octanol–water partition coefficient (Wildman–Crippen LogP) is 4.59. The lowest BCUT2D eigenvalue weighted by Crippen LogP contribution is -2.46. The van der Waals surface area contributed by atoms with Gasteiger partial charge in [0.2, 0.25) is 0 Å². The molecule has 15 heavy (non-hydrogen) atoms. The van der Waals surface area contributed by atoms with Crippen molar-refractivity contribution in [1.82, 2.24) is 0 Å². The predicted molar refractivity (Wildman–Crippen MR) is 69.7 cm³/mol. The van der Waals surface area contributed by atoms with Gasteiger partial charge in [-0.05, 0) is 36.9 Å². The fourth-order valence-electron chi connectivity index (χ4n) is 2.01. The summed E-state index contributed by atoms with van der Waals surface area (Å²) in [5.74, 6) is 0.771. The molecule has 0 spiro atoms. The van der Waals surface area contributed by atoms with E-state index < -0.39 is 8.32 Å². The van der Waals surface area contributed by atoms with Gasteiger partial charge in [-0.1, -0.05) is 40.5 Å². The largest absolute Gasteiger partial charge is 0.414 e. The monoisotopic (exact) mass is 228 g/mol. The normalized spacial score (nSPS) is 29.2. The summed E-state index contributed by atoms with van der Waals surface area (Å²) >= 11 is 0. The van der Waals surface area contributed by atoms with Gasteiger partial charge in [0.05, 0.1) is 0 Å². The van der Waals surface area contributed by atoms with E-state index in [1.807, 2.05) is 0 Å². The van der Waals surface area contributed by atoms with E-state index in [0.29, 0.717) is 11.1 Å². The molecule has 1 aliphatic carbocycles. The minimum absolute atomic E-state index is 0.351. The van der Waals surface area contributed by atoms with Crippen molar-refractivity contribution in [3.05, 3.63) is 0 Å². The summed E-state index contributed by atoms with van der Waals surface area (Å²) in [5.41, 5.74) is 0. The van der Waals surface area contributed by atoms with Gasteiger partial charge in [-0.2, -0.15) is 0 Å². The van der Waals surface area contributed by atoms with Crippen molar-refractivity contribution >= 4 is 8.32 Å². The van der Waals surface area contributed by atoms with Crippen molar-refractivity contribution in [2.45, 2.75) is 77.6 Å². The Morgan fingerprint density at radius 1 is 1.07 bits per heavy atom. The van der Waals surface area contributed by atoms with Gasteiger partial charge in [-0.3, -0.25) is 0 Å². The molecule has 0 aliphatic heterocycles. The van der Waals surface area contributed by atoms with Gasteiger partial charge in [0.1, 0.15) is 0 Å². The van der Waals surface area contributed by atoms with Crippen molar-refractivity contribution in [2.75, 3.05) is 0 Å². The maximum atomic E-state index is 6.49. The highest BCUT2D eigenvalue weighted by atomic mass is 28.4. The molecule has 1 aliphatic rings. The molecule has 90 valence electrons. The lowest BCUT2D eigenvalue weighted by Gasteiger charge is -2.42. The Hall–Kier alpha value is 0.177. The molecular formula is C13H28OSi. The van der Waals surface area contributed by atoms with Crippen LogP contribution in [-0.2, 0) is 4.43 Å². The third kappa shape index (κ3) is 3.32. The number of hydrogen-bond donors (Lipinski definition) is 0. The Morgan fingerprint density at radius 2 is 1.60 bits per heavy atom. The summed E-state index contributed by atoms with van der Waals surface area (Å²) in [6.07, 6.45) is 5.95. The Morgan fingerprint density at radius 3 is 2.07 bits per heavy atom. The molecule has 0 bridgehead atoms. The van der Waals surface area contributed by atoms with Gasteiger partial charge < -0.3 is 4.43 Å². The van der Waals surface area contributed by atoms with Crippen molar-refractivity contribution < 1.29 is 4.43 Å². The number of rotatable bonds is 2. The average molecular weight is 228 g/mol. The highest BCUT2D eigenvalue weighted by molar-refractivity contribution is 6.74. The van der Waals surface area contributed by atoms with Crippen LogP contribution in [0.2, 0.25) is 18.1 Å². The van der Waals surface area contributed by atoms with E-state index in [1.165, 1.54) is 25.7 Å². The molecule has 0 saturated heterocycles. The third-order valence-corrected chi connectivity index (χ3v) is 8.79. The van der Waals surface area contributed by atoms with Gasteiger partial charge >= 0.3 is 0 Å². The molecule has 0 radical (unpaired) electrons. The van der Waals surface area contributed by atoms with Crippen molar-refractivity contribution in [3.63, 3.8) is 0 Å². The van der Waals surface area contributed by atoms with Crippen LogP contribution in [0, 0.1) is 5.92 Å². The molecule has 1 nitrogen and oxygen atoms in total. The Bertz CT molecular complexity index is 205. The molecule has 0 N–H and O–H groups in total. The summed E-state index contributed by atoms with van der Waals surface area (Å²) in [5, 5.41) is 0.351. The van der Waals surface area contributed by atoms with Gasteiger partial charge in [-0.15, -0.1) is 0 Å². The fraction of sp³-hybridized carbons (Fsp3) is 1.00. The van der Waals surface area contributed by atoms with E-state index in [4.69, 9.17) is 4.43 Å². The van der Waals surface area contributed by atoms with Crippen LogP contribution in [0.1, 0.15) is 53.4 Å². The van der Waals surface area contributed by atoms with Crippen LogP contribution in [0.15, 0.2) is 0 Å². The molecule has 2 atom stereocenters. The highest BCUT2D eigenvalue weighted by Crippen LogP contribution is 2.40. The van der Waals surface area contributed by atoms with Crippen LogP contribution < -0.4 is 0 Å². The summed E-state index contributed by atoms with van der Waals surface area (Å²) in [6, 6.07) is 0. The van der Waals surface area contributed by atoms with Crippen molar-refractivity contribution in [3.8, 4) is 0 Å². The highest BCUT2D eigenvalue weighted by Gasteiger charge is 2.40. The van der Waals surface area contributed by atoms with E-state index in [0.717, 1.165) is 5.92 Å². The quantitative estimate of drug-likeness (QED) is 0.628. The van der Waals surface area contributed by atoms with Crippen molar-refractivity contribution in [1.29, 1.82) is 0 Å². The molecule has 0 aromatic rings. The SMILES string of the molecule is C[C@H]1CCCC[C@H]1O[Si](C)(C)C(C)(C)C. The van der Waals surface area contributed by atoms with Crippen LogP contribution in [0.3, 0.4) is 0 Å². The molecule has 0 unspecified atom stereocenters. The number of hydrogen-bond acceptors (Lipinski definition) is 1. The lowest BCUT2D eigenvalue weighted by atomic mass is 9.88. The summed E-state index contributed by atoms with van der Waals surface area (Å²) in [7, 11) is -1.53. The summed E-state index contributed by atoms with van der Waals surface area (Å²) < 4.78 is 6.49. The standard InChI is InChI=1S/C13H28OSi/c1-11-9-7-8-10-12(11)14-15(5,6)13(2,3)4/h11-12H,7-10H2,1-6H3/t11-,12+/m0/s1. The molecule has 1 rings (SSSR count). The average Bonchev–Trinajstić information content (AvgIpc) is 2.06. The second-order valence-electron chi connectivity index (χ2n) is 6.68. The molecule has 0 aromatic carbocycles. The van der Waals surface area contributed by atoms with Crippen LogP contribution >= 0.6 is 0 Å². The minimum atomic E-state index is -1.53. The second-order valence-corrected chi connectivity index (χ2v) is 11.4. The summed E-state index contributed by atoms with van der Waals surface area (Å²) in [6.45, 7) is 14.1. The Kier molecular flexibility index (Phi) is 4.05. The first-order valence-corrected chi connectivity index (χ1v) is 9.33. The molecule has 2 heteroatoms. The smallest absolute Gasteiger partial charge is 0.192 e. The second kappa shape index (κ2) is 4.58. The van der Waals surface area contributed by atoms with Crippen LogP contribution in [0.4, 0.5) is 0 Å². The maximum Gasteiger partial charge on any atom is 0.192 e. The topological polar surface area (TPSA) is 9.23 Å². The fourth-order valence-corrected chi connectivity index (χ4v) is 3.47. The van der Waals surface area contributed by atoms with Crippen LogP contribution in [0.25, 0.3) is 0 Å². The van der Waals surface area contributed by atoms with E-state index >= 15 is 0 Å². The van der Waals surface area contributed by atoms with E-state index in [2.05, 4.69) is 40.8 Å². The van der Waals surface area contributed by atoms with Gasteiger partial charge in [0.15, 0.2) is 8.32 Å². The molecule has 0 heterocycles. The van der Waals surface area contributed by atoms with E-state index in [-0.39, 0.29) is 0 Å².